The largest absolute Gasteiger partial charge is 0.287 e. The molecular weight excluding hydrogens is 414 g/mol. The lowest BCUT2D eigenvalue weighted by Crippen LogP contribution is -2.24. The Bertz CT molecular complexity index is 881. The number of aromatic nitrogens is 2. The lowest BCUT2D eigenvalue weighted by atomic mass is 10.2. The first kappa shape index (κ1) is 19.4. The normalized spacial score (nSPS) is 12.0. The first-order valence-corrected chi connectivity index (χ1v) is 11.3. The van der Waals surface area contributed by atoms with Crippen LogP contribution in [0.15, 0.2) is 32.6 Å². The van der Waals surface area contributed by atoms with Gasteiger partial charge in [0, 0.05) is 23.3 Å². The molecule has 0 saturated heterocycles. The Morgan fingerprint density at radius 2 is 2.12 bits per heavy atom. The van der Waals surface area contributed by atoms with E-state index in [1.165, 1.54) is 11.8 Å². The number of hydrogen-bond acceptors (Lipinski definition) is 5. The van der Waals surface area contributed by atoms with E-state index >= 15 is 0 Å². The average molecular weight is 434 g/mol. The third-order valence-corrected chi connectivity index (χ3v) is 5.53. The van der Waals surface area contributed by atoms with E-state index in [1.807, 2.05) is 19.1 Å². The van der Waals surface area contributed by atoms with Gasteiger partial charge in [-0.2, -0.15) is 0 Å². The van der Waals surface area contributed by atoms with Gasteiger partial charge in [0.05, 0.1) is 17.2 Å². The summed E-state index contributed by atoms with van der Waals surface area (Å²) < 4.78 is 27.1. The molecule has 1 aromatic carbocycles. The minimum absolute atomic E-state index is 0.0417. The van der Waals surface area contributed by atoms with E-state index in [2.05, 4.69) is 25.6 Å². The number of rotatable bonds is 8. The minimum Gasteiger partial charge on any atom is -0.287 e. The van der Waals surface area contributed by atoms with Crippen molar-refractivity contribution in [3.63, 3.8) is 0 Å². The Labute approximate surface area is 154 Å². The minimum atomic E-state index is -3.16. The molecule has 0 radical (unpaired) electrons. The fourth-order valence-electron chi connectivity index (χ4n) is 2.20. The maximum absolute atomic E-state index is 12.7. The molecule has 132 valence electrons. The molecule has 1 N–H and O–H groups in total. The van der Waals surface area contributed by atoms with E-state index < -0.39 is 10.0 Å². The van der Waals surface area contributed by atoms with E-state index in [4.69, 9.17) is 0 Å². The second kappa shape index (κ2) is 8.46. The highest BCUT2D eigenvalue weighted by Crippen LogP contribution is 2.21. The molecular formula is C15H20BrN3O3S2. The summed E-state index contributed by atoms with van der Waals surface area (Å²) in [4.78, 5) is 17.3. The molecule has 2 rings (SSSR count). The van der Waals surface area contributed by atoms with Crippen molar-refractivity contribution >= 4 is 48.6 Å². The number of halogens is 1. The van der Waals surface area contributed by atoms with Crippen LogP contribution in [0.25, 0.3) is 10.9 Å². The van der Waals surface area contributed by atoms with Gasteiger partial charge in [0.2, 0.25) is 10.0 Å². The van der Waals surface area contributed by atoms with Crippen molar-refractivity contribution in [1.29, 1.82) is 0 Å². The first-order valence-electron chi connectivity index (χ1n) is 7.59. The summed E-state index contributed by atoms with van der Waals surface area (Å²) in [6, 6.07) is 5.48. The Kier molecular flexibility index (Phi) is 6.85. The molecule has 0 aliphatic heterocycles. The predicted octanol–water partition coefficient (Wildman–Crippen LogP) is 2.60. The van der Waals surface area contributed by atoms with Crippen LogP contribution in [0, 0.1) is 0 Å². The van der Waals surface area contributed by atoms with E-state index in [-0.39, 0.29) is 5.56 Å². The van der Waals surface area contributed by atoms with Gasteiger partial charge in [0.1, 0.15) is 0 Å². The molecule has 0 fully saturated rings. The van der Waals surface area contributed by atoms with E-state index in [9.17, 15) is 13.2 Å². The molecule has 0 saturated carbocycles. The van der Waals surface area contributed by atoms with Gasteiger partial charge in [-0.1, -0.05) is 34.6 Å². The van der Waals surface area contributed by atoms with Crippen molar-refractivity contribution in [2.75, 3.05) is 18.6 Å². The molecule has 6 nitrogen and oxygen atoms in total. The van der Waals surface area contributed by atoms with E-state index in [1.54, 1.807) is 10.6 Å². The second-order valence-electron chi connectivity index (χ2n) is 5.38. The van der Waals surface area contributed by atoms with Crippen molar-refractivity contribution in [3.8, 4) is 0 Å². The third-order valence-electron chi connectivity index (χ3n) is 3.24. The first-order chi connectivity index (χ1) is 11.3. The Morgan fingerprint density at radius 1 is 1.38 bits per heavy atom. The van der Waals surface area contributed by atoms with Gasteiger partial charge in [-0.15, -0.1) is 0 Å². The fraction of sp³-hybridized carbons (Fsp3) is 0.467. The molecule has 1 heterocycles. The van der Waals surface area contributed by atoms with Gasteiger partial charge in [0.15, 0.2) is 5.16 Å². The monoisotopic (exact) mass is 433 g/mol. The van der Waals surface area contributed by atoms with Crippen molar-refractivity contribution in [2.45, 2.75) is 31.5 Å². The van der Waals surface area contributed by atoms with Crippen LogP contribution in [0.2, 0.25) is 0 Å². The molecule has 9 heteroatoms. The maximum atomic E-state index is 12.7. The molecule has 24 heavy (non-hydrogen) atoms. The number of sulfonamides is 1. The number of benzene rings is 1. The second-order valence-corrected chi connectivity index (χ2v) is 9.19. The average Bonchev–Trinajstić information content (AvgIpc) is 2.50. The smallest absolute Gasteiger partial charge is 0.262 e. The molecule has 2 aromatic rings. The zero-order valence-corrected chi connectivity index (χ0v) is 16.8. The SMILES string of the molecule is CCCn1c(SCCCNS(C)(=O)=O)nc2ccc(Br)cc2c1=O. The lowest BCUT2D eigenvalue weighted by Gasteiger charge is -2.12. The molecule has 1 aromatic heterocycles. The molecule has 0 aliphatic rings. The summed E-state index contributed by atoms with van der Waals surface area (Å²) in [6.45, 7) is 3.00. The number of hydrogen-bond donors (Lipinski definition) is 1. The maximum Gasteiger partial charge on any atom is 0.262 e. The summed E-state index contributed by atoms with van der Waals surface area (Å²) in [5.41, 5.74) is 0.632. The van der Waals surface area contributed by atoms with Gasteiger partial charge in [-0.25, -0.2) is 18.1 Å². The number of nitrogens with zero attached hydrogens (tertiary/aromatic N) is 2. The fourth-order valence-corrected chi connectivity index (χ4v) is 4.04. The van der Waals surface area contributed by atoms with Gasteiger partial charge in [-0.05, 0) is 31.0 Å². The number of fused-ring (bicyclic) bond motifs is 1. The third kappa shape index (κ3) is 5.30. The van der Waals surface area contributed by atoms with Crippen LogP contribution in [0.4, 0.5) is 0 Å². The van der Waals surface area contributed by atoms with Crippen LogP contribution < -0.4 is 10.3 Å². The van der Waals surface area contributed by atoms with Crippen molar-refractivity contribution in [3.05, 3.63) is 33.0 Å². The van der Waals surface area contributed by atoms with Crippen LogP contribution in [-0.2, 0) is 16.6 Å². The highest BCUT2D eigenvalue weighted by molar-refractivity contribution is 9.10. The van der Waals surface area contributed by atoms with Crippen molar-refractivity contribution < 1.29 is 8.42 Å². The zero-order valence-electron chi connectivity index (χ0n) is 13.6. The number of thioether (sulfide) groups is 1. The van der Waals surface area contributed by atoms with E-state index in [0.717, 1.165) is 17.1 Å². The van der Waals surface area contributed by atoms with Crippen LogP contribution in [0.5, 0.6) is 0 Å². The molecule has 0 unspecified atom stereocenters. The summed E-state index contributed by atoms with van der Waals surface area (Å²) in [5, 5.41) is 1.27. The Morgan fingerprint density at radius 3 is 2.79 bits per heavy atom. The van der Waals surface area contributed by atoms with Crippen molar-refractivity contribution in [2.24, 2.45) is 0 Å². The van der Waals surface area contributed by atoms with E-state index in [0.29, 0.717) is 41.3 Å². The van der Waals surface area contributed by atoms with Crippen LogP contribution >= 0.6 is 27.7 Å². The van der Waals surface area contributed by atoms with Gasteiger partial charge in [0.25, 0.3) is 5.56 Å². The summed E-state index contributed by atoms with van der Waals surface area (Å²) >= 11 is 4.86. The highest BCUT2D eigenvalue weighted by atomic mass is 79.9. The van der Waals surface area contributed by atoms with Crippen molar-refractivity contribution in [1.82, 2.24) is 14.3 Å². The Hall–Kier alpha value is -0.900. The summed E-state index contributed by atoms with van der Waals surface area (Å²) in [6.07, 6.45) is 2.64. The predicted molar refractivity (Wildman–Crippen MR) is 102 cm³/mol. The van der Waals surface area contributed by atoms with Gasteiger partial charge < -0.3 is 0 Å². The zero-order chi connectivity index (χ0) is 17.7. The van der Waals surface area contributed by atoms with Crippen LogP contribution in [0.1, 0.15) is 19.8 Å². The summed E-state index contributed by atoms with van der Waals surface area (Å²) in [5.74, 6) is 0.681. The molecule has 0 spiro atoms. The standard InChI is InChI=1S/C15H20BrN3O3S2/c1-3-8-19-14(20)12-10-11(16)5-6-13(12)18-15(19)23-9-4-7-17-24(2,21)22/h5-6,10,17H,3-4,7-9H2,1-2H3. The van der Waals surface area contributed by atoms with Crippen LogP contribution in [0.3, 0.4) is 0 Å². The molecule has 0 aliphatic carbocycles. The van der Waals surface area contributed by atoms with Crippen LogP contribution in [-0.4, -0.2) is 36.5 Å². The molecule has 0 bridgehead atoms. The molecule has 0 atom stereocenters. The van der Waals surface area contributed by atoms with Gasteiger partial charge >= 0.3 is 0 Å². The molecule has 0 amide bonds. The lowest BCUT2D eigenvalue weighted by molar-refractivity contribution is 0.583. The quantitative estimate of drug-likeness (QED) is 0.393. The van der Waals surface area contributed by atoms with Gasteiger partial charge in [-0.3, -0.25) is 9.36 Å². The number of nitrogens with one attached hydrogen (secondary N) is 1. The summed E-state index contributed by atoms with van der Waals surface area (Å²) in [7, 11) is -3.16. The highest BCUT2D eigenvalue weighted by Gasteiger charge is 2.11. The topological polar surface area (TPSA) is 81.1 Å². The Balaban J connectivity index is 2.20.